The van der Waals surface area contributed by atoms with Gasteiger partial charge in [0.1, 0.15) is 0 Å². The second-order valence-corrected chi connectivity index (χ2v) is 5.66. The lowest BCUT2D eigenvalue weighted by Crippen LogP contribution is -2.55. The molecule has 1 N–H and O–H groups in total. The van der Waals surface area contributed by atoms with Gasteiger partial charge in [-0.2, -0.15) is 0 Å². The van der Waals surface area contributed by atoms with E-state index in [1.54, 1.807) is 0 Å². The van der Waals surface area contributed by atoms with E-state index in [0.29, 0.717) is 12.5 Å². The molecule has 0 radical (unpaired) electrons. The van der Waals surface area contributed by atoms with Crippen molar-refractivity contribution < 1.29 is 4.79 Å². The van der Waals surface area contributed by atoms with E-state index in [-0.39, 0.29) is 5.41 Å². The molecule has 0 aromatic heterocycles. The molecule has 2 heterocycles. The highest BCUT2D eigenvalue weighted by molar-refractivity contribution is 5.83. The van der Waals surface area contributed by atoms with Crippen molar-refractivity contribution >= 4 is 5.91 Å². The predicted molar refractivity (Wildman–Crippen MR) is 76.7 cm³/mol. The summed E-state index contributed by atoms with van der Waals surface area (Å²) in [5.74, 6) is 3.05. The number of hydrogen-bond acceptors (Lipinski definition) is 3. The third-order valence-electron chi connectivity index (χ3n) is 4.67. The van der Waals surface area contributed by atoms with Crippen LogP contribution in [0.1, 0.15) is 26.2 Å². The summed E-state index contributed by atoms with van der Waals surface area (Å²) in [4.78, 5) is 17.1. The van der Waals surface area contributed by atoms with Gasteiger partial charge in [-0.15, -0.1) is 6.42 Å². The van der Waals surface area contributed by atoms with E-state index in [0.717, 1.165) is 58.5 Å². The maximum Gasteiger partial charge on any atom is 0.228 e. The van der Waals surface area contributed by atoms with Crippen molar-refractivity contribution in [1.29, 1.82) is 0 Å². The fourth-order valence-corrected chi connectivity index (χ4v) is 3.20. The molecule has 0 spiro atoms. The maximum absolute atomic E-state index is 12.8. The van der Waals surface area contributed by atoms with Crippen LogP contribution in [0.25, 0.3) is 0 Å². The lowest BCUT2D eigenvalue weighted by atomic mass is 9.75. The number of carbonyl (C=O) groups is 1. The Bertz CT molecular complexity index is 347. The number of terminal acetylenes is 1. The zero-order valence-corrected chi connectivity index (χ0v) is 12.0. The van der Waals surface area contributed by atoms with Gasteiger partial charge in [0.2, 0.25) is 5.91 Å². The maximum atomic E-state index is 12.8. The molecule has 0 atom stereocenters. The summed E-state index contributed by atoms with van der Waals surface area (Å²) >= 11 is 0. The van der Waals surface area contributed by atoms with Crippen LogP contribution < -0.4 is 5.32 Å². The molecule has 19 heavy (non-hydrogen) atoms. The average Bonchev–Trinajstić information content (AvgIpc) is 2.48. The highest BCUT2D eigenvalue weighted by Crippen LogP contribution is 2.34. The molecule has 0 bridgehead atoms. The van der Waals surface area contributed by atoms with E-state index in [9.17, 15) is 4.79 Å². The minimum Gasteiger partial charge on any atom is -0.340 e. The molecule has 0 aromatic rings. The minimum atomic E-state index is -0.112. The van der Waals surface area contributed by atoms with Crippen molar-refractivity contribution in [2.45, 2.75) is 26.2 Å². The van der Waals surface area contributed by atoms with Crippen LogP contribution in [0, 0.1) is 17.8 Å². The Morgan fingerprint density at radius 1 is 1.26 bits per heavy atom. The fraction of sp³-hybridized carbons (Fsp3) is 0.800. The van der Waals surface area contributed by atoms with Gasteiger partial charge in [-0.3, -0.25) is 9.69 Å². The van der Waals surface area contributed by atoms with Crippen molar-refractivity contribution in [2.75, 3.05) is 45.8 Å². The first-order chi connectivity index (χ1) is 9.22. The quantitative estimate of drug-likeness (QED) is 0.755. The molecule has 2 aliphatic rings. The first kappa shape index (κ1) is 14.4. The van der Waals surface area contributed by atoms with Crippen molar-refractivity contribution in [1.82, 2.24) is 15.1 Å². The van der Waals surface area contributed by atoms with Crippen molar-refractivity contribution in [3.05, 3.63) is 0 Å². The third kappa shape index (κ3) is 3.10. The number of amides is 1. The van der Waals surface area contributed by atoms with Crippen molar-refractivity contribution in [3.63, 3.8) is 0 Å². The lowest BCUT2D eigenvalue weighted by Gasteiger charge is -2.42. The molecule has 0 aliphatic carbocycles. The van der Waals surface area contributed by atoms with Gasteiger partial charge in [0, 0.05) is 26.2 Å². The molecule has 4 nitrogen and oxygen atoms in total. The molecule has 2 aliphatic heterocycles. The summed E-state index contributed by atoms with van der Waals surface area (Å²) in [6.07, 6.45) is 8.25. The zero-order chi connectivity index (χ0) is 13.7. The van der Waals surface area contributed by atoms with Gasteiger partial charge < -0.3 is 10.2 Å². The number of nitrogens with zero attached hydrogens (tertiary/aromatic N) is 2. The Kier molecular flexibility index (Phi) is 4.84. The zero-order valence-electron chi connectivity index (χ0n) is 12.0. The smallest absolute Gasteiger partial charge is 0.228 e. The van der Waals surface area contributed by atoms with Gasteiger partial charge in [-0.25, -0.2) is 0 Å². The van der Waals surface area contributed by atoms with Gasteiger partial charge >= 0.3 is 0 Å². The standard InChI is InChI=1S/C15H25N3O/c1-3-9-17-10-12-18(13-11-17)14(19)15(4-2)5-7-16-8-6-15/h1,16H,4-13H2,2H3. The summed E-state index contributed by atoms with van der Waals surface area (Å²) in [6.45, 7) is 8.27. The molecule has 1 amide bonds. The van der Waals surface area contributed by atoms with Crippen LogP contribution >= 0.6 is 0 Å². The van der Waals surface area contributed by atoms with Gasteiger partial charge in [0.25, 0.3) is 0 Å². The van der Waals surface area contributed by atoms with Crippen LogP contribution in [0.2, 0.25) is 0 Å². The number of piperidine rings is 1. The fourth-order valence-electron chi connectivity index (χ4n) is 3.20. The predicted octanol–water partition coefficient (Wildman–Crippen LogP) is 0.544. The molecule has 0 saturated carbocycles. The number of hydrogen-bond donors (Lipinski definition) is 1. The second-order valence-electron chi connectivity index (χ2n) is 5.66. The molecular weight excluding hydrogens is 238 g/mol. The number of carbonyl (C=O) groups excluding carboxylic acids is 1. The van der Waals surface area contributed by atoms with Gasteiger partial charge in [-0.1, -0.05) is 12.8 Å². The van der Waals surface area contributed by atoms with E-state index in [1.807, 2.05) is 0 Å². The minimum absolute atomic E-state index is 0.112. The van der Waals surface area contributed by atoms with Crippen LogP contribution in [-0.2, 0) is 4.79 Å². The third-order valence-corrected chi connectivity index (χ3v) is 4.67. The number of rotatable bonds is 3. The molecule has 0 aromatic carbocycles. The van der Waals surface area contributed by atoms with Gasteiger partial charge in [0.15, 0.2) is 0 Å². The Balaban J connectivity index is 1.94. The second kappa shape index (κ2) is 6.40. The SMILES string of the molecule is C#CCN1CCN(C(=O)C2(CC)CCNCC2)CC1. The Hall–Kier alpha value is -1.05. The topological polar surface area (TPSA) is 35.6 Å². The Labute approximate surface area is 116 Å². The highest BCUT2D eigenvalue weighted by atomic mass is 16.2. The normalized spacial score (nSPS) is 23.9. The van der Waals surface area contributed by atoms with Gasteiger partial charge in [-0.05, 0) is 32.4 Å². The summed E-state index contributed by atoms with van der Waals surface area (Å²) in [5, 5.41) is 3.35. The van der Waals surface area contributed by atoms with Gasteiger partial charge in [0.05, 0.1) is 12.0 Å². The Morgan fingerprint density at radius 3 is 2.42 bits per heavy atom. The summed E-state index contributed by atoms with van der Waals surface area (Å²) in [6, 6.07) is 0. The van der Waals surface area contributed by atoms with Crippen LogP contribution in [0.4, 0.5) is 0 Å². The van der Waals surface area contributed by atoms with Crippen LogP contribution in [-0.4, -0.2) is 61.5 Å². The van der Waals surface area contributed by atoms with E-state index in [2.05, 4.69) is 28.0 Å². The molecule has 2 rings (SSSR count). The Morgan fingerprint density at radius 2 is 1.89 bits per heavy atom. The molecular formula is C15H25N3O. The summed E-state index contributed by atoms with van der Waals surface area (Å²) in [5.41, 5.74) is -0.112. The van der Waals surface area contributed by atoms with Crippen LogP contribution in [0.3, 0.4) is 0 Å². The summed E-state index contributed by atoms with van der Waals surface area (Å²) in [7, 11) is 0. The lowest BCUT2D eigenvalue weighted by molar-refractivity contribution is -0.145. The molecule has 2 fully saturated rings. The molecule has 4 heteroatoms. The van der Waals surface area contributed by atoms with E-state index in [4.69, 9.17) is 6.42 Å². The van der Waals surface area contributed by atoms with Crippen molar-refractivity contribution in [3.8, 4) is 12.3 Å². The summed E-state index contributed by atoms with van der Waals surface area (Å²) < 4.78 is 0. The number of piperazine rings is 1. The van der Waals surface area contributed by atoms with Crippen molar-refractivity contribution in [2.24, 2.45) is 5.41 Å². The van der Waals surface area contributed by atoms with E-state index in [1.165, 1.54) is 0 Å². The first-order valence-electron chi connectivity index (χ1n) is 7.38. The average molecular weight is 263 g/mol. The molecule has 106 valence electrons. The highest BCUT2D eigenvalue weighted by Gasteiger charge is 2.40. The first-order valence-corrected chi connectivity index (χ1v) is 7.38. The molecule has 2 saturated heterocycles. The molecule has 0 unspecified atom stereocenters. The monoisotopic (exact) mass is 263 g/mol. The number of nitrogens with one attached hydrogen (secondary N) is 1. The van der Waals surface area contributed by atoms with Crippen LogP contribution in [0.15, 0.2) is 0 Å². The van der Waals surface area contributed by atoms with E-state index < -0.39 is 0 Å². The largest absolute Gasteiger partial charge is 0.340 e. The van der Waals surface area contributed by atoms with Crippen LogP contribution in [0.5, 0.6) is 0 Å². The van der Waals surface area contributed by atoms with E-state index >= 15 is 0 Å².